The molecule has 0 radical (unpaired) electrons. The highest BCUT2D eigenvalue weighted by Crippen LogP contribution is 2.30. The molecule has 0 aliphatic carbocycles. The maximum absolute atomic E-state index is 14.4. The molecule has 104 valence electrons. The van der Waals surface area contributed by atoms with E-state index in [1.165, 1.54) is 6.92 Å². The van der Waals surface area contributed by atoms with Crippen molar-refractivity contribution >= 4 is 28.9 Å². The summed E-state index contributed by atoms with van der Waals surface area (Å²) < 4.78 is 61.0. The van der Waals surface area contributed by atoms with Crippen molar-refractivity contribution in [3.8, 4) is 0 Å². The van der Waals surface area contributed by atoms with E-state index in [0.29, 0.717) is 0 Å². The number of carbonyl (C=O) groups is 1. The van der Waals surface area contributed by atoms with E-state index in [0.717, 1.165) is 0 Å². The Morgan fingerprint density at radius 1 is 1.45 bits per heavy atom. The van der Waals surface area contributed by atoms with Gasteiger partial charge in [0.2, 0.25) is 0 Å². The van der Waals surface area contributed by atoms with Crippen molar-refractivity contribution < 1.29 is 22.5 Å². The van der Waals surface area contributed by atoms with Crippen LogP contribution in [0.1, 0.15) is 19.4 Å². The van der Waals surface area contributed by atoms with Gasteiger partial charge < -0.3 is 10.4 Å². The minimum absolute atomic E-state index is 0.0900. The number of halogens is 2. The van der Waals surface area contributed by atoms with Crippen LogP contribution in [0.3, 0.4) is 0 Å². The number of rotatable bonds is 4. The van der Waals surface area contributed by atoms with Gasteiger partial charge in [-0.1, -0.05) is 35.3 Å². The van der Waals surface area contributed by atoms with Gasteiger partial charge in [-0.3, -0.25) is 4.79 Å². The molecule has 0 heterocycles. The average Bonchev–Trinajstić information content (AvgIpc) is 2.59. The van der Waals surface area contributed by atoms with Gasteiger partial charge in [0.05, 0.1) is 25.4 Å². The first-order chi connectivity index (χ1) is 12.0. The summed E-state index contributed by atoms with van der Waals surface area (Å²) in [6.07, 6.45) is -0.661. The zero-order valence-electron chi connectivity index (χ0n) is 16.3. The molecule has 2 rings (SSSR count). The van der Waals surface area contributed by atoms with Gasteiger partial charge in [-0.2, -0.15) is 0 Å². The number of carboxylic acids is 1. The predicted octanol–water partition coefficient (Wildman–Crippen LogP) is 4.16. The Bertz CT molecular complexity index is 909. The van der Waals surface area contributed by atoms with Crippen LogP contribution in [0.5, 0.6) is 0 Å². The summed E-state index contributed by atoms with van der Waals surface area (Å²) in [5.74, 6) is -2.55. The molecule has 2 aromatic rings. The molecule has 20 heavy (non-hydrogen) atoms. The summed E-state index contributed by atoms with van der Waals surface area (Å²) in [5.41, 5.74) is -0.961. The highest BCUT2D eigenvalue weighted by atomic mass is 35.5. The van der Waals surface area contributed by atoms with E-state index in [2.05, 4.69) is 5.32 Å². The van der Waals surface area contributed by atoms with Gasteiger partial charge in [-0.05, 0) is 30.6 Å². The van der Waals surface area contributed by atoms with Crippen molar-refractivity contribution in [1.82, 2.24) is 0 Å². The number of hydrogen-bond donors (Lipinski definition) is 2. The Labute approximate surface area is 129 Å². The lowest BCUT2D eigenvalue weighted by atomic mass is 10.1. The molecule has 0 spiro atoms. The molecule has 0 bridgehead atoms. The molecule has 5 heteroatoms. The first kappa shape index (κ1) is 8.27. The van der Waals surface area contributed by atoms with E-state index < -0.39 is 53.1 Å². The summed E-state index contributed by atoms with van der Waals surface area (Å²) in [6.45, 7) is 1.39. The zero-order chi connectivity index (χ0) is 19.9. The Balaban J connectivity index is 2.77. The number of para-hydroxylation sites is 1. The third-order valence-corrected chi connectivity index (χ3v) is 2.66. The number of nitrogens with one attached hydrogen (secondary N) is 1. The minimum Gasteiger partial charge on any atom is -0.481 e. The zero-order valence-corrected chi connectivity index (χ0v) is 11.1. The molecule has 0 saturated carbocycles. The topological polar surface area (TPSA) is 49.3 Å². The molecule has 0 amide bonds. The van der Waals surface area contributed by atoms with E-state index >= 15 is 0 Å². The van der Waals surface area contributed by atoms with Crippen LogP contribution in [-0.4, -0.2) is 11.1 Å². The molecule has 0 fully saturated rings. The molecule has 0 atom stereocenters. The van der Waals surface area contributed by atoms with Crippen LogP contribution < -0.4 is 5.32 Å². The van der Waals surface area contributed by atoms with Gasteiger partial charge in [0, 0.05) is 5.69 Å². The van der Waals surface area contributed by atoms with Gasteiger partial charge >= 0.3 is 5.97 Å². The highest BCUT2D eigenvalue weighted by molar-refractivity contribution is 6.33. The van der Waals surface area contributed by atoms with E-state index in [1.54, 1.807) is 0 Å². The van der Waals surface area contributed by atoms with Gasteiger partial charge in [-0.15, -0.1) is 0 Å². The molecule has 2 N–H and O–H groups in total. The van der Waals surface area contributed by atoms with Gasteiger partial charge in [0.1, 0.15) is 5.82 Å². The lowest BCUT2D eigenvalue weighted by molar-refractivity contribution is -0.136. The monoisotopic (exact) mass is 299 g/mol. The quantitative estimate of drug-likeness (QED) is 0.891. The van der Waals surface area contributed by atoms with E-state index in [-0.39, 0.29) is 28.9 Å². The lowest BCUT2D eigenvalue weighted by Crippen LogP contribution is -2.05. The Morgan fingerprint density at radius 3 is 2.90 bits per heavy atom. The van der Waals surface area contributed by atoms with Crippen LogP contribution in [0.4, 0.5) is 15.8 Å². The summed E-state index contributed by atoms with van der Waals surface area (Å²) in [6, 6.07) is -3.34. The summed E-state index contributed by atoms with van der Waals surface area (Å²) >= 11 is 5.88. The third-order valence-electron chi connectivity index (χ3n) is 2.38. The largest absolute Gasteiger partial charge is 0.481 e. The van der Waals surface area contributed by atoms with Crippen molar-refractivity contribution in [3.05, 3.63) is 58.2 Å². The smallest absolute Gasteiger partial charge is 0.307 e. The molecule has 0 aliphatic heterocycles. The van der Waals surface area contributed by atoms with Crippen LogP contribution >= 0.6 is 11.6 Å². The number of carboxylic acid groups (broad SMARTS) is 1. The Morgan fingerprint density at radius 2 is 2.20 bits per heavy atom. The molecule has 0 saturated heterocycles. The minimum atomic E-state index is -1.30. The summed E-state index contributed by atoms with van der Waals surface area (Å²) in [4.78, 5) is 11.1. The maximum atomic E-state index is 14.4. The van der Waals surface area contributed by atoms with Crippen molar-refractivity contribution in [3.63, 3.8) is 0 Å². The van der Waals surface area contributed by atoms with Gasteiger partial charge in [0.25, 0.3) is 0 Å². The van der Waals surface area contributed by atoms with E-state index in [4.69, 9.17) is 24.9 Å². The number of benzene rings is 2. The predicted molar refractivity (Wildman–Crippen MR) is 77.2 cm³/mol. The lowest BCUT2D eigenvalue weighted by Gasteiger charge is -2.13. The summed E-state index contributed by atoms with van der Waals surface area (Å²) in [7, 11) is 0. The second-order valence-electron chi connectivity index (χ2n) is 3.93. The van der Waals surface area contributed by atoms with Crippen molar-refractivity contribution in [2.24, 2.45) is 0 Å². The number of anilines is 2. The molecular weight excluding hydrogens is 281 g/mol. The Hall–Kier alpha value is -2.07. The van der Waals surface area contributed by atoms with Gasteiger partial charge in [0.15, 0.2) is 0 Å². The molecule has 0 unspecified atom stereocenters. The number of hydrogen-bond acceptors (Lipinski definition) is 2. The van der Waals surface area contributed by atoms with Crippen LogP contribution in [0.2, 0.25) is 5.02 Å². The fourth-order valence-corrected chi connectivity index (χ4v) is 1.72. The molecule has 0 aromatic heterocycles. The first-order valence-corrected chi connectivity index (χ1v) is 5.89. The maximum Gasteiger partial charge on any atom is 0.307 e. The van der Waals surface area contributed by atoms with E-state index in [1.807, 2.05) is 0 Å². The second kappa shape index (κ2) is 5.92. The summed E-state index contributed by atoms with van der Waals surface area (Å²) in [5, 5.41) is 10.9. The van der Waals surface area contributed by atoms with Crippen molar-refractivity contribution in [2.45, 2.75) is 13.3 Å². The molecule has 0 aliphatic rings. The van der Waals surface area contributed by atoms with Crippen LogP contribution in [0.25, 0.3) is 0 Å². The normalized spacial score (nSPS) is 14.6. The van der Waals surface area contributed by atoms with E-state index in [9.17, 15) is 9.18 Å². The van der Waals surface area contributed by atoms with Crippen LogP contribution in [0.15, 0.2) is 36.3 Å². The molecule has 2 aromatic carbocycles. The second-order valence-corrected chi connectivity index (χ2v) is 4.30. The molecule has 3 nitrogen and oxygen atoms in total. The average molecular weight is 300 g/mol. The fourth-order valence-electron chi connectivity index (χ4n) is 1.54. The third kappa shape index (κ3) is 3.27. The van der Waals surface area contributed by atoms with Crippen molar-refractivity contribution in [1.29, 1.82) is 0 Å². The fraction of sp³-hybridized carbons (Fsp3) is 0.133. The van der Waals surface area contributed by atoms with Crippen molar-refractivity contribution in [2.75, 3.05) is 5.32 Å². The Kier molecular flexibility index (Phi) is 2.45. The van der Waals surface area contributed by atoms with Gasteiger partial charge in [-0.25, -0.2) is 4.39 Å². The van der Waals surface area contributed by atoms with Crippen LogP contribution in [-0.2, 0) is 11.2 Å². The standard InChI is InChI=1S/C15H13ClFNO2/c1-9-5-6-13(10(7-9)8-14(19)20)18-15-11(16)3-2-4-12(15)17/h2-7,18H,8H2,1H3,(H,19,20)/i2D,3D,4D,5D,6D,7D. The first-order valence-electron chi connectivity index (χ1n) is 8.51. The SMILES string of the molecule is [2H]c1c([2H])c(F)c(Nc2c([2H])c([2H])c(C)c([2H])c2CC(=O)O)c(Cl)c1[2H]. The highest BCUT2D eigenvalue weighted by Gasteiger charge is 2.11. The van der Waals surface area contributed by atoms with Crippen LogP contribution in [0, 0.1) is 12.7 Å². The molecular formula is C15H13ClFNO2. The number of aliphatic carboxylic acids is 1.